The average molecular weight is 299 g/mol. The Balaban J connectivity index is 1.97. The van der Waals surface area contributed by atoms with Crippen LogP contribution in [-0.2, 0) is 14.3 Å². The summed E-state index contributed by atoms with van der Waals surface area (Å²) in [7, 11) is 0. The van der Waals surface area contributed by atoms with Gasteiger partial charge in [-0.3, -0.25) is 4.79 Å². The van der Waals surface area contributed by atoms with Crippen LogP contribution in [0, 0.1) is 5.92 Å². The molecule has 2 heterocycles. The number of nitrogens with zero attached hydrogens (tertiary/aromatic N) is 1. The smallest absolute Gasteiger partial charge is 0.248 e. The van der Waals surface area contributed by atoms with Crippen LogP contribution >= 0.6 is 0 Å². The van der Waals surface area contributed by atoms with Crippen LogP contribution in [0.2, 0.25) is 0 Å². The number of hydrogen-bond acceptors (Lipinski definition) is 4. The van der Waals surface area contributed by atoms with Gasteiger partial charge in [0.15, 0.2) is 0 Å². The van der Waals surface area contributed by atoms with Crippen LogP contribution in [0.25, 0.3) is 0 Å². The maximum atomic E-state index is 12.4. The lowest BCUT2D eigenvalue weighted by Crippen LogP contribution is -2.54. The Morgan fingerprint density at radius 1 is 1.57 bits per heavy atom. The van der Waals surface area contributed by atoms with E-state index >= 15 is 0 Å². The molecule has 1 amide bonds. The molecule has 2 aliphatic rings. The van der Waals surface area contributed by atoms with E-state index in [4.69, 9.17) is 9.47 Å². The molecule has 0 aromatic carbocycles. The molecule has 0 aromatic rings. The van der Waals surface area contributed by atoms with Crippen molar-refractivity contribution in [1.29, 1.82) is 0 Å². The first-order valence-corrected chi connectivity index (χ1v) is 8.17. The van der Waals surface area contributed by atoms with Crippen molar-refractivity contribution in [2.45, 2.75) is 64.2 Å². The summed E-state index contributed by atoms with van der Waals surface area (Å²) in [5.41, 5.74) is -0.747. The summed E-state index contributed by atoms with van der Waals surface area (Å²) < 4.78 is 11.1. The molecular weight excluding hydrogens is 270 g/mol. The van der Waals surface area contributed by atoms with Crippen molar-refractivity contribution in [2.75, 3.05) is 26.4 Å². The summed E-state index contributed by atoms with van der Waals surface area (Å²) in [6, 6.07) is 0.0772. The lowest BCUT2D eigenvalue weighted by molar-refractivity contribution is -0.150. The second-order valence-corrected chi connectivity index (χ2v) is 6.62. The van der Waals surface area contributed by atoms with Gasteiger partial charge in [-0.1, -0.05) is 6.92 Å². The summed E-state index contributed by atoms with van der Waals surface area (Å²) in [5, 5.41) is 10.6. The third-order valence-corrected chi connectivity index (χ3v) is 5.00. The van der Waals surface area contributed by atoms with Crippen LogP contribution in [0.5, 0.6) is 0 Å². The lowest BCUT2D eigenvalue weighted by atomic mass is 9.79. The fourth-order valence-electron chi connectivity index (χ4n) is 3.31. The molecule has 0 spiro atoms. The summed E-state index contributed by atoms with van der Waals surface area (Å²) >= 11 is 0. The van der Waals surface area contributed by atoms with E-state index < -0.39 is 5.60 Å². The maximum absolute atomic E-state index is 12.4. The SMILES string of the molecule is CCC(C)OCC(=O)N1CCCC1C1COCCC1(C)O. The molecule has 4 atom stereocenters. The number of aliphatic hydroxyl groups is 1. The predicted molar refractivity (Wildman–Crippen MR) is 80.0 cm³/mol. The zero-order valence-corrected chi connectivity index (χ0v) is 13.5. The van der Waals surface area contributed by atoms with Gasteiger partial charge in [-0.15, -0.1) is 0 Å². The van der Waals surface area contributed by atoms with Crippen LogP contribution in [0.1, 0.15) is 46.5 Å². The van der Waals surface area contributed by atoms with E-state index in [1.165, 1.54) is 0 Å². The molecule has 1 N–H and O–H groups in total. The number of hydrogen-bond donors (Lipinski definition) is 1. The largest absolute Gasteiger partial charge is 0.390 e. The van der Waals surface area contributed by atoms with Gasteiger partial charge in [-0.25, -0.2) is 0 Å². The molecule has 0 bridgehead atoms. The van der Waals surface area contributed by atoms with Crippen LogP contribution < -0.4 is 0 Å². The topological polar surface area (TPSA) is 59.0 Å². The highest BCUT2D eigenvalue weighted by Crippen LogP contribution is 2.35. The Kier molecular flexibility index (Phi) is 5.63. The van der Waals surface area contributed by atoms with E-state index in [9.17, 15) is 9.90 Å². The minimum Gasteiger partial charge on any atom is -0.390 e. The number of carbonyl (C=O) groups excluding carboxylic acids is 1. The molecule has 0 aromatic heterocycles. The van der Waals surface area contributed by atoms with Gasteiger partial charge >= 0.3 is 0 Å². The Labute approximate surface area is 127 Å². The number of rotatable bonds is 5. The normalized spacial score (nSPS) is 35.0. The molecule has 2 fully saturated rings. The first kappa shape index (κ1) is 16.7. The minimum absolute atomic E-state index is 0.00120. The average Bonchev–Trinajstić information content (AvgIpc) is 2.92. The molecule has 5 heteroatoms. The molecule has 2 rings (SSSR count). The van der Waals surface area contributed by atoms with E-state index in [2.05, 4.69) is 0 Å². The molecule has 2 aliphatic heterocycles. The van der Waals surface area contributed by atoms with Crippen molar-refractivity contribution in [2.24, 2.45) is 5.92 Å². The highest BCUT2D eigenvalue weighted by molar-refractivity contribution is 5.78. The van der Waals surface area contributed by atoms with Gasteiger partial charge in [0.1, 0.15) is 6.61 Å². The van der Waals surface area contributed by atoms with Gasteiger partial charge in [-0.05, 0) is 39.5 Å². The molecule has 0 radical (unpaired) electrons. The number of carbonyl (C=O) groups is 1. The van der Waals surface area contributed by atoms with Crippen LogP contribution in [-0.4, -0.2) is 60.0 Å². The third kappa shape index (κ3) is 3.96. The van der Waals surface area contributed by atoms with E-state index in [1.807, 2.05) is 25.7 Å². The highest BCUT2D eigenvalue weighted by atomic mass is 16.5. The number of ether oxygens (including phenoxy) is 2. The molecule has 122 valence electrons. The summed E-state index contributed by atoms with van der Waals surface area (Å²) in [5.74, 6) is 0.0421. The molecule has 21 heavy (non-hydrogen) atoms. The molecule has 5 nitrogen and oxygen atoms in total. The minimum atomic E-state index is -0.747. The van der Waals surface area contributed by atoms with E-state index in [0.717, 1.165) is 25.8 Å². The van der Waals surface area contributed by atoms with Crippen LogP contribution in [0.3, 0.4) is 0 Å². The summed E-state index contributed by atoms with van der Waals surface area (Å²) in [4.78, 5) is 14.3. The standard InChI is InChI=1S/C16H29NO4/c1-4-12(2)21-11-15(18)17-8-5-6-14(17)13-10-20-9-7-16(13,3)19/h12-14,19H,4-11H2,1-3H3. The van der Waals surface area contributed by atoms with Gasteiger partial charge in [0.05, 0.1) is 18.3 Å². The molecule has 0 aliphatic carbocycles. The van der Waals surface area contributed by atoms with Gasteiger partial charge in [0, 0.05) is 25.1 Å². The Bertz CT molecular complexity index is 358. The van der Waals surface area contributed by atoms with E-state index in [0.29, 0.717) is 19.6 Å². The Morgan fingerprint density at radius 3 is 3.00 bits per heavy atom. The maximum Gasteiger partial charge on any atom is 0.248 e. The zero-order chi connectivity index (χ0) is 15.5. The van der Waals surface area contributed by atoms with Crippen molar-refractivity contribution in [3.63, 3.8) is 0 Å². The Morgan fingerprint density at radius 2 is 2.33 bits per heavy atom. The number of likely N-dealkylation sites (tertiary alicyclic amines) is 1. The van der Waals surface area contributed by atoms with Crippen LogP contribution in [0.4, 0.5) is 0 Å². The summed E-state index contributed by atoms with van der Waals surface area (Å²) in [6.07, 6.45) is 3.59. The number of amides is 1. The predicted octanol–water partition coefficient (Wildman–Crippen LogP) is 1.58. The Hall–Kier alpha value is -0.650. The van der Waals surface area contributed by atoms with E-state index in [1.54, 1.807) is 0 Å². The first-order chi connectivity index (χ1) is 9.95. The fourth-order valence-corrected chi connectivity index (χ4v) is 3.31. The van der Waals surface area contributed by atoms with Crippen LogP contribution in [0.15, 0.2) is 0 Å². The van der Waals surface area contributed by atoms with Gasteiger partial charge in [-0.2, -0.15) is 0 Å². The molecular formula is C16H29NO4. The quantitative estimate of drug-likeness (QED) is 0.837. The second kappa shape index (κ2) is 7.07. The van der Waals surface area contributed by atoms with Crippen molar-refractivity contribution >= 4 is 5.91 Å². The highest BCUT2D eigenvalue weighted by Gasteiger charge is 2.45. The van der Waals surface area contributed by atoms with Crippen molar-refractivity contribution in [3.8, 4) is 0 Å². The van der Waals surface area contributed by atoms with Crippen molar-refractivity contribution in [1.82, 2.24) is 4.90 Å². The summed E-state index contributed by atoms with van der Waals surface area (Å²) in [6.45, 7) is 7.94. The zero-order valence-electron chi connectivity index (χ0n) is 13.5. The first-order valence-electron chi connectivity index (χ1n) is 8.17. The monoisotopic (exact) mass is 299 g/mol. The van der Waals surface area contributed by atoms with Crippen molar-refractivity contribution in [3.05, 3.63) is 0 Å². The lowest BCUT2D eigenvalue weighted by Gasteiger charge is -2.43. The molecule has 4 unspecified atom stereocenters. The van der Waals surface area contributed by atoms with Gasteiger partial charge < -0.3 is 19.5 Å². The van der Waals surface area contributed by atoms with E-state index in [-0.39, 0.29) is 30.6 Å². The second-order valence-electron chi connectivity index (χ2n) is 6.62. The molecule has 0 saturated carbocycles. The molecule has 2 saturated heterocycles. The third-order valence-electron chi connectivity index (χ3n) is 5.00. The van der Waals surface area contributed by atoms with Crippen molar-refractivity contribution < 1.29 is 19.4 Å². The van der Waals surface area contributed by atoms with Gasteiger partial charge in [0.2, 0.25) is 5.91 Å². The fraction of sp³-hybridized carbons (Fsp3) is 0.938. The van der Waals surface area contributed by atoms with Gasteiger partial charge in [0.25, 0.3) is 0 Å².